The van der Waals surface area contributed by atoms with Crippen LogP contribution in [0.2, 0.25) is 0 Å². The highest BCUT2D eigenvalue weighted by molar-refractivity contribution is 6.00. The molecule has 3 aliphatic rings. The van der Waals surface area contributed by atoms with Gasteiger partial charge in [-0.05, 0) is 70.6 Å². The van der Waals surface area contributed by atoms with E-state index in [1.54, 1.807) is 12.1 Å². The summed E-state index contributed by atoms with van der Waals surface area (Å²) in [5, 5.41) is 12.0. The Balaban J connectivity index is 1.30. The first kappa shape index (κ1) is 27.3. The van der Waals surface area contributed by atoms with Crippen molar-refractivity contribution >= 4 is 23.6 Å². The lowest BCUT2D eigenvalue weighted by Gasteiger charge is -2.46. The molecule has 1 aromatic carbocycles. The summed E-state index contributed by atoms with van der Waals surface area (Å²) in [7, 11) is 0. The lowest BCUT2D eigenvalue weighted by molar-refractivity contribution is -0.134. The van der Waals surface area contributed by atoms with Crippen LogP contribution in [0.15, 0.2) is 18.2 Å². The molecule has 4 rings (SSSR count). The first-order chi connectivity index (χ1) is 17.4. The number of piperidine rings is 1. The van der Waals surface area contributed by atoms with Crippen molar-refractivity contribution in [3.8, 4) is 0 Å². The monoisotopic (exact) mass is 520 g/mol. The molecule has 1 aliphatic carbocycles. The number of amides is 3. The van der Waals surface area contributed by atoms with E-state index < -0.39 is 29.0 Å². The zero-order chi connectivity index (χ0) is 27.0. The molecule has 0 radical (unpaired) electrons. The van der Waals surface area contributed by atoms with Crippen LogP contribution in [0, 0.1) is 5.82 Å². The summed E-state index contributed by atoms with van der Waals surface area (Å²) in [6.07, 6.45) is 1.32. The molecule has 2 saturated heterocycles. The van der Waals surface area contributed by atoms with Gasteiger partial charge < -0.3 is 14.9 Å². The van der Waals surface area contributed by atoms with Crippen molar-refractivity contribution in [2.24, 2.45) is 0 Å². The number of nitrogens with one attached hydrogen (secondary N) is 1. The number of imide groups is 1. The third-order valence-electron chi connectivity index (χ3n) is 7.98. The number of hydrogen-bond donors (Lipinski definition) is 2. The second-order valence-corrected chi connectivity index (χ2v) is 11.7. The second-order valence-electron chi connectivity index (χ2n) is 11.7. The molecule has 3 amide bonds. The van der Waals surface area contributed by atoms with Gasteiger partial charge in [-0.15, -0.1) is 0 Å². The van der Waals surface area contributed by atoms with Gasteiger partial charge in [-0.3, -0.25) is 19.8 Å². The maximum absolute atomic E-state index is 15.7. The Bertz CT molecular complexity index is 1030. The van der Waals surface area contributed by atoms with Crippen LogP contribution in [0.3, 0.4) is 0 Å². The average Bonchev–Trinajstić information content (AvgIpc) is 2.80. The van der Waals surface area contributed by atoms with Gasteiger partial charge in [0.1, 0.15) is 11.5 Å². The molecule has 0 bridgehead atoms. The SMILES string of the molecule is CC(C)(C)N(C(=O)O)C1CCC(F)(CN2CCN(c3ccc(C4CCC(=O)NC4=O)cc3F)CC2)CC1. The highest BCUT2D eigenvalue weighted by Crippen LogP contribution is 2.37. The van der Waals surface area contributed by atoms with Gasteiger partial charge in [-0.2, -0.15) is 0 Å². The largest absolute Gasteiger partial charge is 0.465 e. The van der Waals surface area contributed by atoms with E-state index in [1.807, 2.05) is 25.7 Å². The van der Waals surface area contributed by atoms with Gasteiger partial charge >= 0.3 is 6.09 Å². The highest BCUT2D eigenvalue weighted by atomic mass is 19.1. The predicted molar refractivity (Wildman–Crippen MR) is 136 cm³/mol. The minimum absolute atomic E-state index is 0.177. The molecule has 2 aliphatic heterocycles. The molecule has 10 heteroatoms. The summed E-state index contributed by atoms with van der Waals surface area (Å²) in [5.41, 5.74) is -0.858. The van der Waals surface area contributed by atoms with Gasteiger partial charge in [0.2, 0.25) is 11.8 Å². The predicted octanol–water partition coefficient (Wildman–Crippen LogP) is 3.90. The lowest BCUT2D eigenvalue weighted by Crippen LogP contribution is -2.55. The van der Waals surface area contributed by atoms with Crippen molar-refractivity contribution in [3.63, 3.8) is 0 Å². The van der Waals surface area contributed by atoms with Crippen LogP contribution < -0.4 is 10.2 Å². The van der Waals surface area contributed by atoms with Crippen LogP contribution >= 0.6 is 0 Å². The molecular weight excluding hydrogens is 482 g/mol. The van der Waals surface area contributed by atoms with Crippen LogP contribution in [0.25, 0.3) is 0 Å². The summed E-state index contributed by atoms with van der Waals surface area (Å²) < 4.78 is 30.7. The number of alkyl halides is 1. The van der Waals surface area contributed by atoms with Crippen molar-refractivity contribution in [1.82, 2.24) is 15.1 Å². The van der Waals surface area contributed by atoms with E-state index >= 15 is 8.78 Å². The molecule has 0 aromatic heterocycles. The number of carboxylic acid groups (broad SMARTS) is 1. The topological polar surface area (TPSA) is 93.2 Å². The van der Waals surface area contributed by atoms with Crippen LogP contribution in [-0.2, 0) is 9.59 Å². The Kier molecular flexibility index (Phi) is 7.78. The summed E-state index contributed by atoms with van der Waals surface area (Å²) in [6, 6.07) is 4.64. The molecule has 1 aromatic rings. The minimum Gasteiger partial charge on any atom is -0.465 e. The molecule has 1 saturated carbocycles. The zero-order valence-corrected chi connectivity index (χ0v) is 21.9. The van der Waals surface area contributed by atoms with E-state index in [4.69, 9.17) is 0 Å². The summed E-state index contributed by atoms with van der Waals surface area (Å²) in [6.45, 7) is 8.22. The summed E-state index contributed by atoms with van der Waals surface area (Å²) >= 11 is 0. The number of rotatable bonds is 5. The number of anilines is 1. The third kappa shape index (κ3) is 6.22. The van der Waals surface area contributed by atoms with E-state index in [0.717, 1.165) is 0 Å². The maximum Gasteiger partial charge on any atom is 0.407 e. The Hall–Kier alpha value is -2.75. The highest BCUT2D eigenvalue weighted by Gasteiger charge is 2.42. The molecule has 2 N–H and O–H groups in total. The van der Waals surface area contributed by atoms with Gasteiger partial charge in [-0.1, -0.05) is 6.07 Å². The fourth-order valence-corrected chi connectivity index (χ4v) is 6.08. The Labute approximate surface area is 217 Å². The molecule has 37 heavy (non-hydrogen) atoms. The van der Waals surface area contributed by atoms with Crippen LogP contribution in [-0.4, -0.2) is 82.8 Å². The van der Waals surface area contributed by atoms with Gasteiger partial charge in [0, 0.05) is 50.7 Å². The third-order valence-corrected chi connectivity index (χ3v) is 7.98. The normalized spacial score (nSPS) is 27.6. The fraction of sp³-hybridized carbons (Fsp3) is 0.667. The second kappa shape index (κ2) is 10.6. The van der Waals surface area contributed by atoms with E-state index in [1.165, 1.54) is 11.0 Å². The van der Waals surface area contributed by atoms with E-state index in [-0.39, 0.29) is 24.3 Å². The van der Waals surface area contributed by atoms with Crippen molar-refractivity contribution in [3.05, 3.63) is 29.6 Å². The number of nitrogens with zero attached hydrogens (tertiary/aromatic N) is 3. The van der Waals surface area contributed by atoms with E-state index in [2.05, 4.69) is 10.2 Å². The first-order valence-electron chi connectivity index (χ1n) is 13.2. The number of carbonyl (C=O) groups excluding carboxylic acids is 2. The Morgan fingerprint density at radius 2 is 1.78 bits per heavy atom. The Morgan fingerprint density at radius 1 is 1.14 bits per heavy atom. The van der Waals surface area contributed by atoms with Gasteiger partial charge in [0.05, 0.1) is 11.6 Å². The standard InChI is InChI=1S/C27H38F2N4O4/c1-26(2,3)33(25(36)37)19-8-10-27(29,11-9-19)17-31-12-14-32(15-13-31)22-6-4-18(16-21(22)28)20-5-7-23(34)30-24(20)35/h4,6,16,19-20H,5,7-15,17H2,1-3H3,(H,36,37)(H,30,34,35). The van der Waals surface area contributed by atoms with Crippen molar-refractivity contribution < 1.29 is 28.3 Å². The molecule has 3 fully saturated rings. The number of carbonyl (C=O) groups is 3. The summed E-state index contributed by atoms with van der Waals surface area (Å²) in [4.78, 5) is 40.8. The first-order valence-corrected chi connectivity index (χ1v) is 13.2. The van der Waals surface area contributed by atoms with Gasteiger partial charge in [-0.25, -0.2) is 13.6 Å². The Morgan fingerprint density at radius 3 is 2.32 bits per heavy atom. The van der Waals surface area contributed by atoms with E-state index in [0.29, 0.717) is 76.1 Å². The van der Waals surface area contributed by atoms with E-state index in [9.17, 15) is 19.5 Å². The number of piperazine rings is 1. The van der Waals surface area contributed by atoms with Crippen LogP contribution in [0.5, 0.6) is 0 Å². The van der Waals surface area contributed by atoms with Gasteiger partial charge in [0.15, 0.2) is 0 Å². The fourth-order valence-electron chi connectivity index (χ4n) is 6.08. The molecular formula is C27H38F2N4O4. The molecule has 204 valence electrons. The summed E-state index contributed by atoms with van der Waals surface area (Å²) in [5.74, 6) is -1.62. The lowest BCUT2D eigenvalue weighted by atomic mass is 9.81. The van der Waals surface area contributed by atoms with Gasteiger partial charge in [0.25, 0.3) is 0 Å². The van der Waals surface area contributed by atoms with Crippen LogP contribution in [0.4, 0.5) is 19.3 Å². The molecule has 8 nitrogen and oxygen atoms in total. The average molecular weight is 521 g/mol. The number of hydrogen-bond acceptors (Lipinski definition) is 5. The quantitative estimate of drug-likeness (QED) is 0.572. The van der Waals surface area contributed by atoms with Crippen molar-refractivity contribution in [2.45, 2.75) is 82.5 Å². The molecule has 1 unspecified atom stereocenters. The molecule has 1 atom stereocenters. The molecule has 2 heterocycles. The molecule has 0 spiro atoms. The maximum atomic E-state index is 15.7. The van der Waals surface area contributed by atoms with Crippen LogP contribution in [0.1, 0.15) is 70.8 Å². The van der Waals surface area contributed by atoms with Crippen molar-refractivity contribution in [1.29, 1.82) is 0 Å². The number of benzene rings is 1. The van der Waals surface area contributed by atoms with Crippen molar-refractivity contribution in [2.75, 3.05) is 37.6 Å². The zero-order valence-electron chi connectivity index (χ0n) is 21.9. The number of halogens is 2. The smallest absolute Gasteiger partial charge is 0.407 e. The minimum atomic E-state index is -1.35.